The maximum Gasteiger partial charge on any atom is 0.293 e. The molecule has 63 heavy (non-hydrogen) atoms. The second kappa shape index (κ2) is 17.5. The SMILES string of the molecule is CC(C)c1ccccc1C1CCCN1C1CC2(CCN(c3cc(F)c(C(=O)NS(=O)(=O)c4ccc(NCC5COCCO5)c([N+](=O)[O-])c4)c(Oc4cnc5[nH]ccc5c4)c3)CC2)C1. The van der Waals surface area contributed by atoms with Crippen molar-refractivity contribution in [2.75, 3.05) is 56.2 Å². The number of nitro groups is 1. The number of aromatic amines is 1. The predicted octanol–water partition coefficient (Wildman–Crippen LogP) is 8.06. The highest BCUT2D eigenvalue weighted by atomic mass is 32.2. The Kier molecular flexibility index (Phi) is 11.9. The number of sulfonamides is 1. The minimum atomic E-state index is -4.75. The number of anilines is 2. The van der Waals surface area contributed by atoms with Gasteiger partial charge in [-0.25, -0.2) is 22.5 Å². The lowest BCUT2D eigenvalue weighted by Gasteiger charge is -2.56. The average Bonchev–Trinajstić information content (AvgIpc) is 3.95. The van der Waals surface area contributed by atoms with Gasteiger partial charge in [0.25, 0.3) is 21.6 Å². The van der Waals surface area contributed by atoms with Crippen LogP contribution in [-0.2, 0) is 19.5 Å². The number of hydrogen-bond acceptors (Lipinski definition) is 12. The number of halogens is 1. The molecule has 0 radical (unpaired) electrons. The van der Waals surface area contributed by atoms with Crippen LogP contribution in [0.4, 0.5) is 21.5 Å². The van der Waals surface area contributed by atoms with Crippen LogP contribution in [0.25, 0.3) is 11.0 Å². The van der Waals surface area contributed by atoms with E-state index in [0.29, 0.717) is 67.6 Å². The molecule has 0 bridgehead atoms. The summed E-state index contributed by atoms with van der Waals surface area (Å²) >= 11 is 0. The van der Waals surface area contributed by atoms with Crippen molar-refractivity contribution < 1.29 is 36.7 Å². The third-order valence-corrected chi connectivity index (χ3v) is 14.6. The molecule has 5 aromatic rings. The number of nitrogens with zero attached hydrogens (tertiary/aromatic N) is 4. The highest BCUT2D eigenvalue weighted by Crippen LogP contribution is 2.54. The van der Waals surface area contributed by atoms with E-state index in [1.165, 1.54) is 42.3 Å². The number of pyridine rings is 1. The molecule has 5 heterocycles. The number of carbonyl (C=O) groups is 1. The minimum Gasteiger partial charge on any atom is -0.455 e. The summed E-state index contributed by atoms with van der Waals surface area (Å²) in [5, 5.41) is 15.7. The fraction of sp³-hybridized carbons (Fsp3) is 0.435. The van der Waals surface area contributed by atoms with Crippen LogP contribution in [0.3, 0.4) is 0 Å². The summed E-state index contributed by atoms with van der Waals surface area (Å²) in [6.45, 7) is 8.30. The zero-order valence-corrected chi connectivity index (χ0v) is 36.2. The van der Waals surface area contributed by atoms with E-state index in [-0.39, 0.29) is 35.3 Å². The molecule has 17 heteroatoms. The molecule has 3 aliphatic heterocycles. The molecule has 9 rings (SSSR count). The Balaban J connectivity index is 0.922. The number of carbonyl (C=O) groups excluding carboxylic acids is 1. The molecule has 1 amide bonds. The number of H-pyrrole nitrogens is 1. The third kappa shape index (κ3) is 8.83. The number of fused-ring (bicyclic) bond motifs is 1. The van der Waals surface area contributed by atoms with Gasteiger partial charge in [0, 0.05) is 61.1 Å². The molecule has 15 nitrogen and oxygen atoms in total. The van der Waals surface area contributed by atoms with Gasteiger partial charge in [-0.2, -0.15) is 0 Å². The zero-order valence-electron chi connectivity index (χ0n) is 35.3. The molecule has 2 unspecified atom stereocenters. The van der Waals surface area contributed by atoms with Crippen LogP contribution in [-0.4, -0.2) is 92.3 Å². The first kappa shape index (κ1) is 42.7. The Hall–Kier alpha value is -5.62. The fourth-order valence-corrected chi connectivity index (χ4v) is 10.9. The molecule has 3 aromatic carbocycles. The molecule has 2 aromatic heterocycles. The average molecular weight is 882 g/mol. The molecule has 1 saturated carbocycles. The number of hydrogen-bond donors (Lipinski definition) is 3. The molecule has 2 atom stereocenters. The number of ether oxygens (including phenoxy) is 3. The first-order chi connectivity index (χ1) is 30.4. The van der Waals surface area contributed by atoms with Crippen LogP contribution in [0.15, 0.2) is 84.0 Å². The smallest absolute Gasteiger partial charge is 0.293 e. The number of nitro benzene ring substituents is 1. The van der Waals surface area contributed by atoms with Crippen molar-refractivity contribution in [1.82, 2.24) is 19.6 Å². The Labute approximate surface area is 365 Å². The molecular formula is C46H52FN7O8S. The van der Waals surface area contributed by atoms with E-state index in [9.17, 15) is 23.3 Å². The zero-order chi connectivity index (χ0) is 43.9. The predicted molar refractivity (Wildman–Crippen MR) is 235 cm³/mol. The van der Waals surface area contributed by atoms with Crippen molar-refractivity contribution in [1.29, 1.82) is 0 Å². The Morgan fingerprint density at radius 3 is 2.65 bits per heavy atom. The van der Waals surface area contributed by atoms with Gasteiger partial charge in [-0.15, -0.1) is 0 Å². The molecule has 4 fully saturated rings. The number of aromatic nitrogens is 2. The van der Waals surface area contributed by atoms with E-state index in [2.05, 4.69) is 63.2 Å². The van der Waals surface area contributed by atoms with Gasteiger partial charge in [0.1, 0.15) is 34.2 Å². The summed E-state index contributed by atoms with van der Waals surface area (Å²) in [5.41, 5.74) is 3.06. The summed E-state index contributed by atoms with van der Waals surface area (Å²) in [6.07, 6.45) is 9.26. The van der Waals surface area contributed by atoms with Crippen molar-refractivity contribution in [2.24, 2.45) is 5.41 Å². The van der Waals surface area contributed by atoms with Gasteiger partial charge < -0.3 is 29.4 Å². The normalized spacial score (nSPS) is 20.5. The quantitative estimate of drug-likeness (QED) is 0.0766. The maximum absolute atomic E-state index is 16.5. The van der Waals surface area contributed by atoms with Crippen molar-refractivity contribution in [3.05, 3.63) is 112 Å². The monoisotopic (exact) mass is 881 g/mol. The van der Waals surface area contributed by atoms with Crippen LogP contribution in [0, 0.1) is 21.3 Å². The lowest BCUT2D eigenvalue weighted by atomic mass is 9.59. The summed E-state index contributed by atoms with van der Waals surface area (Å²) in [6, 6.07) is 19.3. The van der Waals surface area contributed by atoms with Crippen molar-refractivity contribution >= 4 is 44.0 Å². The van der Waals surface area contributed by atoms with E-state index in [4.69, 9.17) is 14.2 Å². The Morgan fingerprint density at radius 2 is 1.89 bits per heavy atom. The summed E-state index contributed by atoms with van der Waals surface area (Å²) < 4.78 is 62.8. The second-order valence-electron chi connectivity index (χ2n) is 17.5. The highest BCUT2D eigenvalue weighted by Gasteiger charge is 2.50. The second-order valence-corrected chi connectivity index (χ2v) is 19.2. The van der Waals surface area contributed by atoms with Crippen LogP contribution in [0.2, 0.25) is 0 Å². The third-order valence-electron chi connectivity index (χ3n) is 13.2. The lowest BCUT2D eigenvalue weighted by molar-refractivity contribution is -0.384. The molecule has 3 N–H and O–H groups in total. The van der Waals surface area contributed by atoms with Gasteiger partial charge in [-0.05, 0) is 97.9 Å². The van der Waals surface area contributed by atoms with Crippen LogP contribution >= 0.6 is 0 Å². The van der Waals surface area contributed by atoms with Gasteiger partial charge >= 0.3 is 0 Å². The number of nitrogens with one attached hydrogen (secondary N) is 3. The Bertz CT molecular complexity index is 2620. The van der Waals surface area contributed by atoms with Gasteiger partial charge in [0.05, 0.1) is 41.9 Å². The molecule has 332 valence electrons. The van der Waals surface area contributed by atoms with E-state index in [1.54, 1.807) is 24.4 Å². The minimum absolute atomic E-state index is 0.0500. The Morgan fingerprint density at radius 1 is 1.08 bits per heavy atom. The first-order valence-electron chi connectivity index (χ1n) is 21.7. The molecule has 1 spiro atoms. The van der Waals surface area contributed by atoms with Gasteiger partial charge in [-0.3, -0.25) is 19.8 Å². The fourth-order valence-electron chi connectivity index (χ4n) is 9.97. The van der Waals surface area contributed by atoms with E-state index in [0.717, 1.165) is 44.4 Å². The van der Waals surface area contributed by atoms with Gasteiger partial charge in [0.15, 0.2) is 0 Å². The molecular weight excluding hydrogens is 830 g/mol. The van der Waals surface area contributed by atoms with Crippen molar-refractivity contribution in [2.45, 2.75) is 81.4 Å². The largest absolute Gasteiger partial charge is 0.455 e. The van der Waals surface area contributed by atoms with E-state index >= 15 is 4.39 Å². The highest BCUT2D eigenvalue weighted by molar-refractivity contribution is 7.90. The summed E-state index contributed by atoms with van der Waals surface area (Å²) in [4.78, 5) is 36.8. The summed E-state index contributed by atoms with van der Waals surface area (Å²) in [7, 11) is -4.75. The lowest BCUT2D eigenvalue weighted by Crippen LogP contribution is -2.55. The van der Waals surface area contributed by atoms with Crippen molar-refractivity contribution in [3.63, 3.8) is 0 Å². The molecule has 4 aliphatic rings. The van der Waals surface area contributed by atoms with Gasteiger partial charge in [-0.1, -0.05) is 38.1 Å². The summed E-state index contributed by atoms with van der Waals surface area (Å²) in [5.74, 6) is -1.84. The maximum atomic E-state index is 16.5. The van der Waals surface area contributed by atoms with Crippen LogP contribution in [0.5, 0.6) is 11.5 Å². The van der Waals surface area contributed by atoms with Crippen molar-refractivity contribution in [3.8, 4) is 11.5 Å². The first-order valence-corrected chi connectivity index (χ1v) is 23.2. The number of piperidine rings is 1. The van der Waals surface area contributed by atoms with Gasteiger partial charge in [0.2, 0.25) is 0 Å². The number of rotatable bonds is 13. The topological polar surface area (TPSA) is 181 Å². The number of likely N-dealkylation sites (tertiary alicyclic amines) is 1. The molecule has 1 aliphatic carbocycles. The molecule has 3 saturated heterocycles. The standard InChI is InChI=1S/C46H52FN7O8S/c1-29(2)36-6-3-4-7-37(36)40-8-5-15-53(40)32-24-46(25-32)12-16-52(17-13-46)31-21-38(47)43(42(22-31)62-33-20-30-11-14-48-44(30)50-26-33)45(55)51-63(58,59)35-9-10-39(41(23-35)54(56)57)49-27-34-28-60-18-19-61-34/h3-4,6-7,9-11,14,20-23,26,29,32,34,40,49H,5,8,12-13,15-19,24-25,27-28H2,1-2H3,(H,48,50)(H,51,55). The van der Waals surface area contributed by atoms with Crippen LogP contribution in [0.1, 0.15) is 85.8 Å². The van der Waals surface area contributed by atoms with E-state index < -0.39 is 42.8 Å². The van der Waals surface area contributed by atoms with Crippen LogP contribution < -0.4 is 19.7 Å². The number of amides is 1. The van der Waals surface area contributed by atoms with E-state index in [1.807, 2.05) is 4.72 Å². The number of benzene rings is 3.